The van der Waals surface area contributed by atoms with Crippen LogP contribution in [0.1, 0.15) is 6.42 Å². The average Bonchev–Trinajstić information content (AvgIpc) is 2.48. The zero-order chi connectivity index (χ0) is 14.2. The van der Waals surface area contributed by atoms with E-state index in [1.807, 2.05) is 30.3 Å². The molecule has 104 valence electrons. The Morgan fingerprint density at radius 1 is 1.20 bits per heavy atom. The molecule has 6 heteroatoms. The van der Waals surface area contributed by atoms with Gasteiger partial charge in [-0.1, -0.05) is 18.2 Å². The fourth-order valence-corrected chi connectivity index (χ4v) is 1.59. The maximum absolute atomic E-state index is 10.5. The normalized spacial score (nSPS) is 10.0. The van der Waals surface area contributed by atoms with E-state index in [9.17, 15) is 10.1 Å². The maximum atomic E-state index is 10.5. The molecule has 2 rings (SSSR count). The van der Waals surface area contributed by atoms with Crippen LogP contribution in [0.25, 0.3) is 0 Å². The highest BCUT2D eigenvalue weighted by Crippen LogP contribution is 2.12. The summed E-state index contributed by atoms with van der Waals surface area (Å²) in [4.78, 5) is 14.0. The molecule has 0 amide bonds. The second kappa shape index (κ2) is 7.08. The van der Waals surface area contributed by atoms with Gasteiger partial charge in [-0.2, -0.15) is 0 Å². The lowest BCUT2D eigenvalue weighted by Gasteiger charge is -2.07. The fraction of sp³-hybridized carbons (Fsp3) is 0.214. The molecular formula is C14H15N3O3. The van der Waals surface area contributed by atoms with Crippen molar-refractivity contribution in [1.29, 1.82) is 0 Å². The van der Waals surface area contributed by atoms with Crippen molar-refractivity contribution in [2.45, 2.75) is 6.42 Å². The van der Waals surface area contributed by atoms with Gasteiger partial charge in [0.1, 0.15) is 17.8 Å². The molecular weight excluding hydrogens is 258 g/mol. The first-order chi connectivity index (χ1) is 9.75. The van der Waals surface area contributed by atoms with Crippen LogP contribution in [0.3, 0.4) is 0 Å². The van der Waals surface area contributed by atoms with Gasteiger partial charge in [0.25, 0.3) is 5.69 Å². The van der Waals surface area contributed by atoms with Crippen LogP contribution in [-0.4, -0.2) is 23.1 Å². The van der Waals surface area contributed by atoms with E-state index >= 15 is 0 Å². The first kappa shape index (κ1) is 13.8. The second-order valence-electron chi connectivity index (χ2n) is 4.10. The monoisotopic (exact) mass is 273 g/mol. The summed E-state index contributed by atoms with van der Waals surface area (Å²) >= 11 is 0. The molecule has 0 unspecified atom stereocenters. The number of para-hydroxylation sites is 1. The Hall–Kier alpha value is -2.63. The van der Waals surface area contributed by atoms with Gasteiger partial charge in [-0.15, -0.1) is 0 Å². The number of aromatic nitrogens is 1. The fourth-order valence-electron chi connectivity index (χ4n) is 1.59. The minimum absolute atomic E-state index is 0.0111. The van der Waals surface area contributed by atoms with Crippen molar-refractivity contribution in [3.63, 3.8) is 0 Å². The van der Waals surface area contributed by atoms with Crippen molar-refractivity contribution in [1.82, 2.24) is 4.98 Å². The first-order valence-corrected chi connectivity index (χ1v) is 6.28. The maximum Gasteiger partial charge on any atom is 0.287 e. The standard InChI is InChI=1S/C14H15N3O3/c18-17(19)12-7-8-14(16-11-12)15-9-4-10-20-13-5-2-1-3-6-13/h1-3,5-8,11H,4,9-10H2,(H,15,16). The van der Waals surface area contributed by atoms with E-state index in [0.717, 1.165) is 12.2 Å². The summed E-state index contributed by atoms with van der Waals surface area (Å²) in [6, 6.07) is 12.6. The molecule has 0 atom stereocenters. The second-order valence-corrected chi connectivity index (χ2v) is 4.10. The molecule has 1 heterocycles. The van der Waals surface area contributed by atoms with Crippen LogP contribution < -0.4 is 10.1 Å². The zero-order valence-corrected chi connectivity index (χ0v) is 10.9. The Kier molecular flexibility index (Phi) is 4.88. The third kappa shape index (κ3) is 4.24. The highest BCUT2D eigenvalue weighted by Gasteiger charge is 2.04. The Bertz CT molecular complexity index is 543. The van der Waals surface area contributed by atoms with Crippen LogP contribution >= 0.6 is 0 Å². The number of nitrogens with zero attached hydrogens (tertiary/aromatic N) is 2. The largest absolute Gasteiger partial charge is 0.494 e. The van der Waals surface area contributed by atoms with E-state index in [1.54, 1.807) is 6.07 Å². The van der Waals surface area contributed by atoms with Crippen molar-refractivity contribution in [2.75, 3.05) is 18.5 Å². The predicted octanol–water partition coefficient (Wildman–Crippen LogP) is 2.87. The smallest absolute Gasteiger partial charge is 0.287 e. The molecule has 0 aliphatic rings. The molecule has 0 saturated carbocycles. The number of rotatable bonds is 7. The number of ether oxygens (including phenoxy) is 1. The van der Waals surface area contributed by atoms with E-state index < -0.39 is 4.92 Å². The molecule has 2 aromatic rings. The summed E-state index contributed by atoms with van der Waals surface area (Å²) in [5.74, 6) is 1.47. The summed E-state index contributed by atoms with van der Waals surface area (Å²) in [6.45, 7) is 1.29. The molecule has 0 radical (unpaired) electrons. The molecule has 0 saturated heterocycles. The van der Waals surface area contributed by atoms with Crippen molar-refractivity contribution in [3.05, 3.63) is 58.8 Å². The van der Waals surface area contributed by atoms with E-state index in [4.69, 9.17) is 4.74 Å². The van der Waals surface area contributed by atoms with Gasteiger partial charge in [0, 0.05) is 12.6 Å². The quantitative estimate of drug-likeness (QED) is 0.477. The van der Waals surface area contributed by atoms with Gasteiger partial charge in [-0.3, -0.25) is 10.1 Å². The number of pyridine rings is 1. The number of hydrogen-bond acceptors (Lipinski definition) is 5. The van der Waals surface area contributed by atoms with Crippen LogP contribution in [0.4, 0.5) is 11.5 Å². The van der Waals surface area contributed by atoms with Gasteiger partial charge >= 0.3 is 0 Å². The lowest BCUT2D eigenvalue weighted by Crippen LogP contribution is -2.08. The molecule has 1 N–H and O–H groups in total. The third-order valence-corrected chi connectivity index (χ3v) is 2.60. The number of nitro groups is 1. The molecule has 1 aromatic carbocycles. The van der Waals surface area contributed by atoms with E-state index in [2.05, 4.69) is 10.3 Å². The van der Waals surface area contributed by atoms with Gasteiger partial charge in [-0.25, -0.2) is 4.98 Å². The van der Waals surface area contributed by atoms with Gasteiger partial charge < -0.3 is 10.1 Å². The van der Waals surface area contributed by atoms with Crippen LogP contribution in [0, 0.1) is 10.1 Å². The van der Waals surface area contributed by atoms with Gasteiger partial charge in [0.05, 0.1) is 11.5 Å². The topological polar surface area (TPSA) is 77.3 Å². The first-order valence-electron chi connectivity index (χ1n) is 6.28. The molecule has 6 nitrogen and oxygen atoms in total. The Morgan fingerprint density at radius 3 is 2.65 bits per heavy atom. The van der Waals surface area contributed by atoms with E-state index in [1.165, 1.54) is 12.3 Å². The number of hydrogen-bond donors (Lipinski definition) is 1. The highest BCUT2D eigenvalue weighted by molar-refractivity contribution is 5.39. The third-order valence-electron chi connectivity index (χ3n) is 2.60. The zero-order valence-electron chi connectivity index (χ0n) is 10.9. The Labute approximate surface area is 116 Å². The highest BCUT2D eigenvalue weighted by atomic mass is 16.6. The SMILES string of the molecule is O=[N+]([O-])c1ccc(NCCCOc2ccccc2)nc1. The Morgan fingerprint density at radius 2 is 2.00 bits per heavy atom. The number of nitrogens with one attached hydrogen (secondary N) is 1. The molecule has 0 aliphatic heterocycles. The average molecular weight is 273 g/mol. The van der Waals surface area contributed by atoms with E-state index in [0.29, 0.717) is 19.0 Å². The summed E-state index contributed by atoms with van der Waals surface area (Å²) in [5.41, 5.74) is -0.0111. The van der Waals surface area contributed by atoms with Gasteiger partial charge in [0.2, 0.25) is 0 Å². The van der Waals surface area contributed by atoms with Gasteiger partial charge in [-0.05, 0) is 24.6 Å². The molecule has 20 heavy (non-hydrogen) atoms. The minimum Gasteiger partial charge on any atom is -0.494 e. The van der Waals surface area contributed by atoms with Crippen LogP contribution in [0.2, 0.25) is 0 Å². The lowest BCUT2D eigenvalue weighted by molar-refractivity contribution is -0.385. The van der Waals surface area contributed by atoms with Gasteiger partial charge in [0.15, 0.2) is 0 Å². The number of benzene rings is 1. The summed E-state index contributed by atoms with van der Waals surface area (Å²) in [7, 11) is 0. The van der Waals surface area contributed by atoms with Crippen LogP contribution in [0.5, 0.6) is 5.75 Å². The molecule has 0 spiro atoms. The van der Waals surface area contributed by atoms with Crippen LogP contribution in [0.15, 0.2) is 48.7 Å². The summed E-state index contributed by atoms with van der Waals surface area (Å²) < 4.78 is 5.54. The van der Waals surface area contributed by atoms with Crippen molar-refractivity contribution >= 4 is 11.5 Å². The molecule has 0 aliphatic carbocycles. The van der Waals surface area contributed by atoms with Crippen LogP contribution in [-0.2, 0) is 0 Å². The Balaban J connectivity index is 1.67. The number of anilines is 1. The molecule has 0 bridgehead atoms. The minimum atomic E-state index is -0.468. The molecule has 0 fully saturated rings. The predicted molar refractivity (Wildman–Crippen MR) is 75.9 cm³/mol. The lowest BCUT2D eigenvalue weighted by atomic mass is 10.3. The summed E-state index contributed by atoms with van der Waals surface area (Å²) in [5, 5.41) is 13.6. The van der Waals surface area contributed by atoms with E-state index in [-0.39, 0.29) is 5.69 Å². The van der Waals surface area contributed by atoms with Crippen molar-refractivity contribution < 1.29 is 9.66 Å². The molecule has 1 aromatic heterocycles. The summed E-state index contributed by atoms with van der Waals surface area (Å²) in [6.07, 6.45) is 2.05. The van der Waals surface area contributed by atoms with Crippen molar-refractivity contribution in [2.24, 2.45) is 0 Å². The van der Waals surface area contributed by atoms with Crippen molar-refractivity contribution in [3.8, 4) is 5.75 Å².